The Morgan fingerprint density at radius 2 is 2.04 bits per heavy atom. The van der Waals surface area contributed by atoms with Crippen molar-refractivity contribution in [2.24, 2.45) is 5.73 Å². The highest BCUT2D eigenvalue weighted by Gasteiger charge is 2.33. The van der Waals surface area contributed by atoms with Crippen molar-refractivity contribution >= 4 is 34.7 Å². The lowest BCUT2D eigenvalue weighted by Crippen LogP contribution is -2.41. The monoisotopic (exact) mass is 385 g/mol. The number of ether oxygens (including phenoxy) is 1. The van der Waals surface area contributed by atoms with Gasteiger partial charge in [-0.15, -0.1) is 0 Å². The van der Waals surface area contributed by atoms with Gasteiger partial charge in [0.25, 0.3) is 0 Å². The second-order valence-electron chi connectivity index (χ2n) is 6.18. The minimum absolute atomic E-state index is 0.109. The van der Waals surface area contributed by atoms with Crippen LogP contribution >= 0.6 is 12.2 Å². The predicted octanol–water partition coefficient (Wildman–Crippen LogP) is 1.22. The Balaban J connectivity index is 1.82. The van der Waals surface area contributed by atoms with Crippen molar-refractivity contribution in [2.45, 2.75) is 13.0 Å². The minimum Gasteiger partial charge on any atom is -0.443 e. The van der Waals surface area contributed by atoms with Gasteiger partial charge in [-0.05, 0) is 6.92 Å². The molecule has 1 amide bonds. The van der Waals surface area contributed by atoms with Crippen LogP contribution in [0.25, 0.3) is 0 Å². The molecule has 0 unspecified atom stereocenters. The molecular formula is C16H21F2N5O2S. The van der Waals surface area contributed by atoms with E-state index in [0.29, 0.717) is 31.2 Å². The molecule has 0 saturated carbocycles. The van der Waals surface area contributed by atoms with Crippen LogP contribution in [0.4, 0.5) is 25.0 Å². The van der Waals surface area contributed by atoms with Gasteiger partial charge < -0.3 is 20.4 Å². The molecule has 1 aromatic carbocycles. The van der Waals surface area contributed by atoms with Crippen molar-refractivity contribution in [3.05, 3.63) is 23.8 Å². The summed E-state index contributed by atoms with van der Waals surface area (Å²) in [6.45, 7) is 3.96. The topological polar surface area (TPSA) is 74.1 Å². The summed E-state index contributed by atoms with van der Waals surface area (Å²) in [5, 5.41) is 1.78. The number of nitrogens with one attached hydrogen (secondary N) is 1. The molecular weight excluding hydrogens is 364 g/mol. The average Bonchev–Trinajstić information content (AvgIpc) is 2.80. The minimum atomic E-state index is -0.725. The van der Waals surface area contributed by atoms with Crippen molar-refractivity contribution < 1.29 is 18.3 Å². The summed E-state index contributed by atoms with van der Waals surface area (Å²) in [5.74, 6) is -1.45. The zero-order chi connectivity index (χ0) is 18.8. The first kappa shape index (κ1) is 18.7. The molecule has 2 heterocycles. The first-order chi connectivity index (χ1) is 12.4. The molecule has 7 nitrogen and oxygen atoms in total. The zero-order valence-electron chi connectivity index (χ0n) is 14.4. The molecule has 142 valence electrons. The molecule has 3 N–H and O–H groups in total. The number of carbonyl (C=O) groups excluding carboxylic acids is 1. The molecule has 0 radical (unpaired) electrons. The standard InChI is InChI=1S/C16H21F2N5O2S/c1-10(26)23-5-4-21(3-2-20-23)15-13(17)6-11(7-14(15)18)22-9-12(8-19)25-16(22)24/h6-7,12,20H,2-5,8-9,19H2,1H3/t12-/m0/s1. The smallest absolute Gasteiger partial charge is 0.414 e. The van der Waals surface area contributed by atoms with Crippen LogP contribution < -0.4 is 21.0 Å². The van der Waals surface area contributed by atoms with Crippen LogP contribution in [0.5, 0.6) is 0 Å². The van der Waals surface area contributed by atoms with Crippen molar-refractivity contribution in [2.75, 3.05) is 49.1 Å². The molecule has 1 aromatic rings. The van der Waals surface area contributed by atoms with Crippen molar-refractivity contribution in [3.8, 4) is 0 Å². The number of hydrogen-bond donors (Lipinski definition) is 2. The van der Waals surface area contributed by atoms with E-state index in [9.17, 15) is 13.6 Å². The summed E-state index contributed by atoms with van der Waals surface area (Å²) in [7, 11) is 0. The maximum Gasteiger partial charge on any atom is 0.414 e. The summed E-state index contributed by atoms with van der Waals surface area (Å²) in [6.07, 6.45) is -1.13. The van der Waals surface area contributed by atoms with E-state index in [1.807, 2.05) is 0 Å². The summed E-state index contributed by atoms with van der Waals surface area (Å²) in [6, 6.07) is 2.30. The van der Waals surface area contributed by atoms with E-state index in [1.54, 1.807) is 16.8 Å². The van der Waals surface area contributed by atoms with Crippen molar-refractivity contribution in [1.82, 2.24) is 10.4 Å². The first-order valence-corrected chi connectivity index (χ1v) is 8.75. The molecule has 0 aromatic heterocycles. The lowest BCUT2D eigenvalue weighted by molar-refractivity contribution is 0.145. The van der Waals surface area contributed by atoms with E-state index in [-0.39, 0.29) is 24.5 Å². The summed E-state index contributed by atoms with van der Waals surface area (Å²) in [4.78, 5) is 15.4. The third kappa shape index (κ3) is 3.71. The Bertz CT molecular complexity index is 697. The van der Waals surface area contributed by atoms with Crippen LogP contribution in [0.3, 0.4) is 0 Å². The molecule has 0 bridgehead atoms. The molecule has 0 aliphatic carbocycles. The van der Waals surface area contributed by atoms with Crippen LogP contribution in [0.1, 0.15) is 6.92 Å². The number of anilines is 2. The Morgan fingerprint density at radius 3 is 2.62 bits per heavy atom. The summed E-state index contributed by atoms with van der Waals surface area (Å²) < 4.78 is 34.4. The first-order valence-electron chi connectivity index (χ1n) is 8.34. The van der Waals surface area contributed by atoms with E-state index in [2.05, 4.69) is 5.43 Å². The number of hydrazine groups is 1. The van der Waals surface area contributed by atoms with Gasteiger partial charge in [0.05, 0.1) is 23.8 Å². The van der Waals surface area contributed by atoms with Gasteiger partial charge in [0.15, 0.2) is 11.6 Å². The van der Waals surface area contributed by atoms with Crippen LogP contribution in [-0.2, 0) is 4.74 Å². The number of cyclic esters (lactones) is 1. The van der Waals surface area contributed by atoms with Gasteiger partial charge >= 0.3 is 6.09 Å². The molecule has 26 heavy (non-hydrogen) atoms. The van der Waals surface area contributed by atoms with Gasteiger partial charge in [-0.25, -0.2) is 19.0 Å². The normalized spacial score (nSPS) is 21.0. The number of rotatable bonds is 3. The second kappa shape index (κ2) is 7.68. The highest BCUT2D eigenvalue weighted by Crippen LogP contribution is 2.31. The van der Waals surface area contributed by atoms with Crippen LogP contribution in [0.15, 0.2) is 12.1 Å². The van der Waals surface area contributed by atoms with E-state index >= 15 is 0 Å². The maximum absolute atomic E-state index is 14.7. The van der Waals surface area contributed by atoms with E-state index in [0.717, 1.165) is 12.1 Å². The van der Waals surface area contributed by atoms with Crippen molar-refractivity contribution in [1.29, 1.82) is 0 Å². The number of thiocarbonyl (C=S) groups is 1. The number of amides is 1. The lowest BCUT2D eigenvalue weighted by Gasteiger charge is -2.25. The lowest BCUT2D eigenvalue weighted by atomic mass is 10.2. The number of carbonyl (C=O) groups is 1. The van der Waals surface area contributed by atoms with E-state index in [4.69, 9.17) is 22.7 Å². The number of benzene rings is 1. The fourth-order valence-corrected chi connectivity index (χ4v) is 3.24. The van der Waals surface area contributed by atoms with E-state index < -0.39 is 23.8 Å². The van der Waals surface area contributed by atoms with Gasteiger partial charge in [0.1, 0.15) is 11.8 Å². The Morgan fingerprint density at radius 1 is 1.35 bits per heavy atom. The molecule has 2 fully saturated rings. The van der Waals surface area contributed by atoms with Gasteiger partial charge in [0.2, 0.25) is 0 Å². The predicted molar refractivity (Wildman–Crippen MR) is 98.2 cm³/mol. The van der Waals surface area contributed by atoms with Gasteiger partial charge in [-0.2, -0.15) is 0 Å². The molecule has 2 aliphatic heterocycles. The van der Waals surface area contributed by atoms with Gasteiger partial charge in [-0.3, -0.25) is 4.90 Å². The second-order valence-corrected chi connectivity index (χ2v) is 6.77. The number of halogens is 2. The van der Waals surface area contributed by atoms with Crippen LogP contribution in [0, 0.1) is 11.6 Å². The molecule has 3 rings (SSSR count). The molecule has 10 heteroatoms. The Labute approximate surface area is 155 Å². The highest BCUT2D eigenvalue weighted by atomic mass is 32.1. The zero-order valence-corrected chi connectivity index (χ0v) is 15.2. The van der Waals surface area contributed by atoms with Crippen LogP contribution in [-0.4, -0.2) is 61.5 Å². The number of nitrogens with zero attached hydrogens (tertiary/aromatic N) is 3. The largest absolute Gasteiger partial charge is 0.443 e. The van der Waals surface area contributed by atoms with E-state index in [1.165, 1.54) is 4.90 Å². The fourth-order valence-electron chi connectivity index (χ4n) is 3.09. The fraction of sp³-hybridized carbons (Fsp3) is 0.500. The average molecular weight is 385 g/mol. The number of hydrogen-bond acceptors (Lipinski definition) is 6. The quantitative estimate of drug-likeness (QED) is 0.758. The molecule has 0 spiro atoms. The highest BCUT2D eigenvalue weighted by molar-refractivity contribution is 7.80. The van der Waals surface area contributed by atoms with Gasteiger partial charge in [0, 0.05) is 38.3 Å². The third-order valence-corrected chi connectivity index (χ3v) is 4.64. The number of nitrogens with two attached hydrogens (primary N) is 1. The molecule has 2 saturated heterocycles. The Hall–Kier alpha value is -2.04. The molecule has 1 atom stereocenters. The van der Waals surface area contributed by atoms with Crippen molar-refractivity contribution in [3.63, 3.8) is 0 Å². The Kier molecular flexibility index (Phi) is 5.54. The summed E-state index contributed by atoms with van der Waals surface area (Å²) >= 11 is 5.13. The van der Waals surface area contributed by atoms with Crippen LogP contribution in [0.2, 0.25) is 0 Å². The summed E-state index contributed by atoms with van der Waals surface area (Å²) in [5.41, 5.74) is 8.61. The molecule has 2 aliphatic rings. The van der Waals surface area contributed by atoms with Gasteiger partial charge in [-0.1, -0.05) is 12.2 Å². The SMILES string of the molecule is CC(=S)N1CCN(c2c(F)cc(N3C[C@H](CN)OC3=O)cc2F)CCN1. The third-order valence-electron chi connectivity index (χ3n) is 4.42. The maximum atomic E-state index is 14.7.